The molecule has 0 radical (unpaired) electrons. The van der Waals surface area contributed by atoms with Gasteiger partial charge in [0.05, 0.1) is 12.6 Å². The van der Waals surface area contributed by atoms with E-state index in [9.17, 15) is 37.9 Å². The van der Waals surface area contributed by atoms with Crippen molar-refractivity contribution in [3.05, 3.63) is 35.9 Å². The molecule has 3 unspecified atom stereocenters. The summed E-state index contributed by atoms with van der Waals surface area (Å²) in [6.45, 7) is 6.56. The number of benzene rings is 1. The van der Waals surface area contributed by atoms with Gasteiger partial charge in [0, 0.05) is 13.1 Å². The normalized spacial score (nSPS) is 17.4. The molecule has 0 spiro atoms. The van der Waals surface area contributed by atoms with Gasteiger partial charge in [0.1, 0.15) is 24.6 Å². The van der Waals surface area contributed by atoms with Crippen molar-refractivity contribution in [3.63, 3.8) is 0 Å². The molecule has 4 amide bonds. The number of alkyl halides is 2. The van der Waals surface area contributed by atoms with Crippen molar-refractivity contribution in [1.82, 2.24) is 20.9 Å². The van der Waals surface area contributed by atoms with Gasteiger partial charge in [-0.1, -0.05) is 51.1 Å². The molecule has 4 N–H and O–H groups in total. The smallest absolute Gasteiger partial charge is 0.351 e. The largest absolute Gasteiger partial charge is 0.466 e. The molecule has 1 heterocycles. The van der Waals surface area contributed by atoms with E-state index in [2.05, 4.69) is 16.0 Å². The first kappa shape index (κ1) is 33.6. The summed E-state index contributed by atoms with van der Waals surface area (Å²) in [6.07, 6.45) is -2.53. The van der Waals surface area contributed by atoms with Crippen LogP contribution in [0.3, 0.4) is 0 Å². The Morgan fingerprint density at radius 2 is 1.76 bits per heavy atom. The first-order valence-corrected chi connectivity index (χ1v) is 13.8. The van der Waals surface area contributed by atoms with E-state index >= 15 is 0 Å². The Bertz CT molecular complexity index is 1070. The summed E-state index contributed by atoms with van der Waals surface area (Å²) in [5.74, 6) is -9.06. The van der Waals surface area contributed by atoms with Gasteiger partial charge in [-0.25, -0.2) is 0 Å². The molecule has 0 aromatic heterocycles. The van der Waals surface area contributed by atoms with Crippen molar-refractivity contribution >= 4 is 29.6 Å². The fourth-order valence-corrected chi connectivity index (χ4v) is 4.53. The Morgan fingerprint density at radius 3 is 2.34 bits per heavy atom. The van der Waals surface area contributed by atoms with Crippen LogP contribution in [0.5, 0.6) is 0 Å². The summed E-state index contributed by atoms with van der Waals surface area (Å²) in [6, 6.07) is 4.85. The number of hydrogen-bond acceptors (Lipinski definition) is 7. The number of amides is 4. The lowest BCUT2D eigenvalue weighted by atomic mass is 10.00. The fraction of sp³-hybridized carbons (Fsp3) is 0.607. The van der Waals surface area contributed by atoms with Gasteiger partial charge in [-0.15, -0.1) is 0 Å². The Kier molecular flexibility index (Phi) is 12.6. The molecule has 1 fully saturated rings. The summed E-state index contributed by atoms with van der Waals surface area (Å²) in [5.41, 5.74) is 0.592. The number of aliphatic hydroxyl groups excluding tert-OH is 1. The van der Waals surface area contributed by atoms with Crippen LogP contribution in [0.1, 0.15) is 58.9 Å². The van der Waals surface area contributed by atoms with Crippen LogP contribution < -0.4 is 16.0 Å². The summed E-state index contributed by atoms with van der Waals surface area (Å²) in [5, 5.41) is 17.5. The molecular weight excluding hydrogens is 542 g/mol. The van der Waals surface area contributed by atoms with Crippen LogP contribution in [0.15, 0.2) is 30.3 Å². The van der Waals surface area contributed by atoms with Gasteiger partial charge in [-0.3, -0.25) is 24.0 Å². The molecule has 228 valence electrons. The van der Waals surface area contributed by atoms with E-state index in [1.54, 1.807) is 51.1 Å². The highest BCUT2D eigenvalue weighted by Gasteiger charge is 2.50. The molecule has 0 saturated carbocycles. The van der Waals surface area contributed by atoms with Crippen LogP contribution in [0.4, 0.5) is 8.78 Å². The molecule has 1 aliphatic heterocycles. The third-order valence-electron chi connectivity index (χ3n) is 6.82. The predicted molar refractivity (Wildman–Crippen MR) is 144 cm³/mol. The average Bonchev–Trinajstić information content (AvgIpc) is 3.43. The lowest BCUT2D eigenvalue weighted by molar-refractivity contribution is -0.168. The minimum Gasteiger partial charge on any atom is -0.466 e. The average molecular weight is 583 g/mol. The first-order chi connectivity index (χ1) is 19.3. The van der Waals surface area contributed by atoms with Crippen molar-refractivity contribution < 1.29 is 42.6 Å². The van der Waals surface area contributed by atoms with Gasteiger partial charge in [0.15, 0.2) is 0 Å². The van der Waals surface area contributed by atoms with E-state index in [-0.39, 0.29) is 32.5 Å². The molecule has 2 rings (SSSR count). The number of likely N-dealkylation sites (tertiary alicyclic amines) is 1. The highest BCUT2D eigenvalue weighted by Crippen LogP contribution is 2.25. The Morgan fingerprint density at radius 1 is 1.10 bits per heavy atom. The van der Waals surface area contributed by atoms with E-state index in [4.69, 9.17) is 4.74 Å². The molecule has 11 nitrogen and oxygen atoms in total. The summed E-state index contributed by atoms with van der Waals surface area (Å²) in [4.78, 5) is 64.0. The maximum absolute atomic E-state index is 14.9. The molecule has 41 heavy (non-hydrogen) atoms. The molecule has 4 atom stereocenters. The number of rotatable bonds is 14. The number of hydrogen-bond donors (Lipinski definition) is 4. The lowest BCUT2D eigenvalue weighted by Gasteiger charge is -2.33. The molecule has 1 aliphatic rings. The van der Waals surface area contributed by atoms with E-state index < -0.39 is 72.1 Å². The number of carbonyl (C=O) groups is 5. The summed E-state index contributed by atoms with van der Waals surface area (Å²) in [7, 11) is 0. The molecule has 1 aromatic carbocycles. The van der Waals surface area contributed by atoms with Crippen LogP contribution >= 0.6 is 0 Å². The Labute approximate surface area is 238 Å². The minimum absolute atomic E-state index is 0.0982. The van der Waals surface area contributed by atoms with Crippen LogP contribution in [0.2, 0.25) is 0 Å². The van der Waals surface area contributed by atoms with Gasteiger partial charge < -0.3 is 30.7 Å². The Hall–Kier alpha value is -3.61. The third-order valence-corrected chi connectivity index (χ3v) is 6.82. The highest BCUT2D eigenvalue weighted by molar-refractivity contribution is 5.97. The molecule has 1 aromatic rings. The van der Waals surface area contributed by atoms with Crippen LogP contribution in [0, 0.1) is 5.92 Å². The zero-order valence-electron chi connectivity index (χ0n) is 23.8. The number of ether oxygens (including phenoxy) is 1. The van der Waals surface area contributed by atoms with Crippen molar-refractivity contribution in [2.45, 2.75) is 90.1 Å². The van der Waals surface area contributed by atoms with Crippen molar-refractivity contribution in [2.24, 2.45) is 5.92 Å². The monoisotopic (exact) mass is 582 g/mol. The number of halogens is 2. The van der Waals surface area contributed by atoms with Crippen molar-refractivity contribution in [1.29, 1.82) is 0 Å². The van der Waals surface area contributed by atoms with Crippen LogP contribution in [-0.2, 0) is 35.3 Å². The molecular formula is C28H40F2N4O7. The van der Waals surface area contributed by atoms with E-state index in [0.717, 1.165) is 0 Å². The topological polar surface area (TPSA) is 154 Å². The van der Waals surface area contributed by atoms with Crippen molar-refractivity contribution in [2.75, 3.05) is 13.2 Å². The van der Waals surface area contributed by atoms with Gasteiger partial charge in [-0.05, 0) is 37.7 Å². The Balaban J connectivity index is 2.06. The zero-order chi connectivity index (χ0) is 30.7. The standard InChI is InChI=1S/C28H40F2N4O7/c1-5-19(24(37)28(29,30)27(40)31-16-18-11-8-7-9-12-18)32-25(38)20-13-10-14-34(20)26(39)23(17(3)4)33-21(35)15-22(36)41-6-2/h7-9,11-12,17,19-20,23-24,37H,5-6,10,13-16H2,1-4H3,(H,31,40)(H,32,38)(H,33,35)/t19?,20?,23-,24?/m0/s1. The second kappa shape index (κ2) is 15.4. The number of esters is 1. The molecule has 13 heteroatoms. The number of carbonyl (C=O) groups excluding carboxylic acids is 5. The third kappa shape index (κ3) is 9.20. The minimum atomic E-state index is -4.21. The van der Waals surface area contributed by atoms with E-state index in [1.165, 1.54) is 11.8 Å². The molecule has 0 aliphatic carbocycles. The SMILES string of the molecule is CCOC(=O)CC(=O)N[C@H](C(=O)N1CCCC1C(=O)NC(CC)C(O)C(F)(F)C(=O)NCc1ccccc1)C(C)C. The summed E-state index contributed by atoms with van der Waals surface area (Å²) >= 11 is 0. The summed E-state index contributed by atoms with van der Waals surface area (Å²) < 4.78 is 34.5. The maximum Gasteiger partial charge on any atom is 0.351 e. The van der Waals surface area contributed by atoms with Crippen LogP contribution in [-0.4, -0.2) is 82.9 Å². The zero-order valence-corrected chi connectivity index (χ0v) is 23.8. The lowest BCUT2D eigenvalue weighted by Crippen LogP contribution is -2.60. The number of aliphatic hydroxyl groups is 1. The quantitative estimate of drug-likeness (QED) is 0.190. The number of nitrogens with one attached hydrogen (secondary N) is 3. The molecule has 0 bridgehead atoms. The van der Waals surface area contributed by atoms with Gasteiger partial charge in [-0.2, -0.15) is 8.78 Å². The maximum atomic E-state index is 14.9. The highest BCUT2D eigenvalue weighted by atomic mass is 19.3. The van der Waals surface area contributed by atoms with Gasteiger partial charge in [0.25, 0.3) is 5.91 Å². The van der Waals surface area contributed by atoms with E-state index in [1.807, 2.05) is 0 Å². The number of nitrogens with zero attached hydrogens (tertiary/aromatic N) is 1. The van der Waals surface area contributed by atoms with Crippen LogP contribution in [0.25, 0.3) is 0 Å². The first-order valence-electron chi connectivity index (χ1n) is 13.8. The van der Waals surface area contributed by atoms with Gasteiger partial charge >= 0.3 is 11.9 Å². The predicted octanol–water partition coefficient (Wildman–Crippen LogP) is 1.28. The molecule has 1 saturated heterocycles. The van der Waals surface area contributed by atoms with E-state index in [0.29, 0.717) is 12.0 Å². The van der Waals surface area contributed by atoms with Crippen molar-refractivity contribution in [3.8, 4) is 0 Å². The fourth-order valence-electron chi connectivity index (χ4n) is 4.53. The second-order valence-corrected chi connectivity index (χ2v) is 10.2. The second-order valence-electron chi connectivity index (χ2n) is 10.2. The van der Waals surface area contributed by atoms with Gasteiger partial charge in [0.2, 0.25) is 17.7 Å².